The summed E-state index contributed by atoms with van der Waals surface area (Å²) < 4.78 is 5.31. The van der Waals surface area contributed by atoms with E-state index in [0.29, 0.717) is 39.1 Å². The molecule has 7 nitrogen and oxygen atoms in total. The highest BCUT2D eigenvalue weighted by atomic mass is 16.5. The minimum absolute atomic E-state index is 0.0532. The van der Waals surface area contributed by atoms with Crippen LogP contribution in [0.15, 0.2) is 24.5 Å². The average Bonchev–Trinajstić information content (AvgIpc) is 2.74. The van der Waals surface area contributed by atoms with E-state index < -0.39 is 0 Å². The fourth-order valence-electron chi connectivity index (χ4n) is 3.39. The van der Waals surface area contributed by atoms with Crippen LogP contribution in [0.2, 0.25) is 0 Å². The van der Waals surface area contributed by atoms with Gasteiger partial charge in [-0.25, -0.2) is 0 Å². The zero-order chi connectivity index (χ0) is 20.0. The maximum absolute atomic E-state index is 12.5. The third-order valence-corrected chi connectivity index (χ3v) is 4.99. The molecule has 0 saturated carbocycles. The summed E-state index contributed by atoms with van der Waals surface area (Å²) in [6.45, 7) is 6.92. The number of amides is 2. The molecule has 1 unspecified atom stereocenters. The second-order valence-electron chi connectivity index (χ2n) is 7.20. The van der Waals surface area contributed by atoms with Crippen LogP contribution in [0.1, 0.15) is 44.6 Å². The van der Waals surface area contributed by atoms with Gasteiger partial charge >= 0.3 is 0 Å². The summed E-state index contributed by atoms with van der Waals surface area (Å²) in [7, 11) is 0. The summed E-state index contributed by atoms with van der Waals surface area (Å²) in [6, 6.07) is 4.01. The number of aromatic nitrogens is 1. The van der Waals surface area contributed by atoms with E-state index in [0.717, 1.165) is 38.9 Å². The van der Waals surface area contributed by atoms with Crippen molar-refractivity contribution in [2.24, 2.45) is 5.92 Å². The monoisotopic (exact) mass is 390 g/mol. The van der Waals surface area contributed by atoms with E-state index in [1.54, 1.807) is 12.4 Å². The molecule has 1 fully saturated rings. The summed E-state index contributed by atoms with van der Waals surface area (Å²) in [5.41, 5.74) is 1.19. The van der Waals surface area contributed by atoms with E-state index in [1.807, 2.05) is 19.1 Å². The molecule has 156 valence electrons. The van der Waals surface area contributed by atoms with Crippen LogP contribution in [0.5, 0.6) is 0 Å². The molecule has 1 atom stereocenters. The molecule has 0 aliphatic carbocycles. The van der Waals surface area contributed by atoms with Crippen molar-refractivity contribution in [3.63, 3.8) is 0 Å². The predicted molar refractivity (Wildman–Crippen MR) is 109 cm³/mol. The SMILES string of the molecule is CCOCCCNC(=O)C1CCCN(Cc2ccncc2)CCC(=O)NCC1. The van der Waals surface area contributed by atoms with Gasteiger partial charge in [-0.2, -0.15) is 0 Å². The molecular formula is C21H34N4O3. The summed E-state index contributed by atoms with van der Waals surface area (Å²) in [6.07, 6.45) is 7.35. The fraction of sp³-hybridized carbons (Fsp3) is 0.667. The lowest BCUT2D eigenvalue weighted by molar-refractivity contribution is -0.126. The normalized spacial score (nSPS) is 19.5. The first-order chi connectivity index (χ1) is 13.7. The molecule has 1 aromatic rings. The zero-order valence-corrected chi connectivity index (χ0v) is 17.0. The van der Waals surface area contributed by atoms with Crippen molar-refractivity contribution < 1.29 is 14.3 Å². The lowest BCUT2D eigenvalue weighted by Gasteiger charge is -2.22. The van der Waals surface area contributed by atoms with Crippen molar-refractivity contribution in [2.45, 2.75) is 45.6 Å². The number of ether oxygens (including phenoxy) is 1. The van der Waals surface area contributed by atoms with E-state index >= 15 is 0 Å². The molecule has 0 spiro atoms. The number of carbonyl (C=O) groups excluding carboxylic acids is 2. The van der Waals surface area contributed by atoms with E-state index in [1.165, 1.54) is 5.56 Å². The van der Waals surface area contributed by atoms with Crippen molar-refractivity contribution >= 4 is 11.8 Å². The van der Waals surface area contributed by atoms with Crippen LogP contribution in [-0.4, -0.2) is 61.1 Å². The molecule has 2 rings (SSSR count). The number of hydrogen-bond acceptors (Lipinski definition) is 5. The minimum Gasteiger partial charge on any atom is -0.382 e. The molecule has 0 aromatic carbocycles. The molecule has 1 aliphatic heterocycles. The van der Waals surface area contributed by atoms with Gasteiger partial charge in [0, 0.05) is 64.1 Å². The third-order valence-electron chi connectivity index (χ3n) is 4.99. The van der Waals surface area contributed by atoms with Crippen LogP contribution < -0.4 is 10.6 Å². The van der Waals surface area contributed by atoms with Crippen LogP contribution in [-0.2, 0) is 20.9 Å². The Balaban J connectivity index is 1.85. The number of nitrogens with one attached hydrogen (secondary N) is 2. The van der Waals surface area contributed by atoms with E-state index in [2.05, 4.69) is 20.5 Å². The smallest absolute Gasteiger partial charge is 0.223 e. The molecule has 2 heterocycles. The number of rotatable bonds is 8. The van der Waals surface area contributed by atoms with E-state index in [4.69, 9.17) is 4.74 Å². The van der Waals surface area contributed by atoms with E-state index in [9.17, 15) is 9.59 Å². The summed E-state index contributed by atoms with van der Waals surface area (Å²) in [5, 5.41) is 5.98. The number of pyridine rings is 1. The maximum Gasteiger partial charge on any atom is 0.223 e. The van der Waals surface area contributed by atoms with Crippen LogP contribution in [0.3, 0.4) is 0 Å². The van der Waals surface area contributed by atoms with Gasteiger partial charge < -0.3 is 15.4 Å². The van der Waals surface area contributed by atoms with Gasteiger partial charge in [0.15, 0.2) is 0 Å². The Morgan fingerprint density at radius 3 is 2.93 bits per heavy atom. The second-order valence-corrected chi connectivity index (χ2v) is 7.20. The topological polar surface area (TPSA) is 83.6 Å². The van der Waals surface area contributed by atoms with Crippen molar-refractivity contribution in [2.75, 3.05) is 39.4 Å². The molecule has 1 aliphatic rings. The van der Waals surface area contributed by atoms with Crippen molar-refractivity contribution in [1.82, 2.24) is 20.5 Å². The zero-order valence-electron chi connectivity index (χ0n) is 17.0. The molecule has 7 heteroatoms. The quantitative estimate of drug-likeness (QED) is 0.661. The number of carbonyl (C=O) groups is 2. The molecule has 28 heavy (non-hydrogen) atoms. The first kappa shape index (κ1) is 22.3. The third kappa shape index (κ3) is 8.80. The molecule has 2 amide bonds. The highest BCUT2D eigenvalue weighted by Crippen LogP contribution is 2.14. The molecule has 1 aromatic heterocycles. The van der Waals surface area contributed by atoms with Gasteiger partial charge in [-0.1, -0.05) is 0 Å². The Morgan fingerprint density at radius 2 is 2.14 bits per heavy atom. The lowest BCUT2D eigenvalue weighted by Crippen LogP contribution is -2.34. The first-order valence-electron chi connectivity index (χ1n) is 10.4. The van der Waals surface area contributed by atoms with Gasteiger partial charge in [-0.15, -0.1) is 0 Å². The van der Waals surface area contributed by atoms with Gasteiger partial charge in [0.05, 0.1) is 0 Å². The van der Waals surface area contributed by atoms with Crippen molar-refractivity contribution in [3.05, 3.63) is 30.1 Å². The van der Waals surface area contributed by atoms with Gasteiger partial charge in [-0.3, -0.25) is 19.5 Å². The Hall–Kier alpha value is -1.99. The highest BCUT2D eigenvalue weighted by molar-refractivity contribution is 5.79. The lowest BCUT2D eigenvalue weighted by atomic mass is 9.98. The van der Waals surface area contributed by atoms with Gasteiger partial charge in [0.25, 0.3) is 0 Å². The van der Waals surface area contributed by atoms with Crippen LogP contribution in [0.4, 0.5) is 0 Å². The summed E-state index contributed by atoms with van der Waals surface area (Å²) >= 11 is 0. The molecular weight excluding hydrogens is 356 g/mol. The van der Waals surface area contributed by atoms with E-state index in [-0.39, 0.29) is 17.7 Å². The van der Waals surface area contributed by atoms with Crippen LogP contribution in [0, 0.1) is 5.92 Å². The Morgan fingerprint density at radius 1 is 1.32 bits per heavy atom. The van der Waals surface area contributed by atoms with Gasteiger partial charge in [0.1, 0.15) is 0 Å². The first-order valence-corrected chi connectivity index (χ1v) is 10.4. The number of hydrogen-bond donors (Lipinski definition) is 2. The number of nitrogens with zero attached hydrogens (tertiary/aromatic N) is 2. The highest BCUT2D eigenvalue weighted by Gasteiger charge is 2.20. The van der Waals surface area contributed by atoms with Crippen LogP contribution >= 0.6 is 0 Å². The predicted octanol–water partition coefficient (Wildman–Crippen LogP) is 1.73. The largest absolute Gasteiger partial charge is 0.382 e. The van der Waals surface area contributed by atoms with Crippen molar-refractivity contribution in [3.8, 4) is 0 Å². The summed E-state index contributed by atoms with van der Waals surface area (Å²) in [4.78, 5) is 31.0. The Kier molecular flexibility index (Phi) is 10.5. The average molecular weight is 391 g/mol. The second kappa shape index (κ2) is 13.2. The molecule has 2 N–H and O–H groups in total. The Labute approximate surface area is 168 Å². The Bertz CT molecular complexity index is 582. The maximum atomic E-state index is 12.5. The summed E-state index contributed by atoms with van der Waals surface area (Å²) in [5.74, 6) is 0.0800. The molecule has 0 radical (unpaired) electrons. The minimum atomic E-state index is -0.0618. The molecule has 0 bridgehead atoms. The molecule has 1 saturated heterocycles. The van der Waals surface area contributed by atoms with Crippen LogP contribution in [0.25, 0.3) is 0 Å². The van der Waals surface area contributed by atoms with Crippen molar-refractivity contribution in [1.29, 1.82) is 0 Å². The fourth-order valence-corrected chi connectivity index (χ4v) is 3.39. The standard InChI is InChI=1S/C21H34N4O3/c1-2-28-16-4-10-24-21(27)19-5-3-14-25(15-9-20(26)23-13-8-19)17-18-6-11-22-12-7-18/h6-7,11-12,19H,2-5,8-10,13-17H2,1H3,(H,23,26)(H,24,27). The van der Waals surface area contributed by atoms with Gasteiger partial charge in [0.2, 0.25) is 11.8 Å². The van der Waals surface area contributed by atoms with Gasteiger partial charge in [-0.05, 0) is 56.8 Å².